The molecule has 72 valence electrons. The van der Waals surface area contributed by atoms with E-state index in [1.165, 1.54) is 13.1 Å². The minimum Gasteiger partial charge on any atom is -0.495 e. The first-order chi connectivity index (χ1) is 6.24. The summed E-state index contributed by atoms with van der Waals surface area (Å²) >= 11 is 0. The number of Topliss-reactive ketones (excluding diaryl/α,β-unsaturated/α-hetero) is 1. The molecule has 3 nitrogen and oxygen atoms in total. The molecular weight excluding hydrogens is 166 g/mol. The number of hydrogen-bond acceptors (Lipinski definition) is 3. The van der Waals surface area contributed by atoms with E-state index in [0.717, 1.165) is 0 Å². The third-order valence-electron chi connectivity index (χ3n) is 1.33. The van der Waals surface area contributed by atoms with Crippen LogP contribution in [0.1, 0.15) is 31.3 Å². The average molecular weight is 181 g/mol. The van der Waals surface area contributed by atoms with Gasteiger partial charge in [0.05, 0.1) is 13.3 Å². The first kappa shape index (κ1) is 11.6. The topological polar surface area (TPSA) is 39.2 Å². The summed E-state index contributed by atoms with van der Waals surface area (Å²) in [5.41, 5.74) is 0.464. The lowest BCUT2D eigenvalue weighted by atomic mass is 10.3. The normalized spacial score (nSPS) is 8.31. The second-order valence-electron chi connectivity index (χ2n) is 2.14. The number of carbonyl (C=O) groups is 1. The van der Waals surface area contributed by atoms with Crippen LogP contribution in [0.4, 0.5) is 0 Å². The average Bonchev–Trinajstić information content (AvgIpc) is 2.21. The number of aromatic nitrogens is 1. The number of carbonyl (C=O) groups excluding carboxylic acids is 1. The van der Waals surface area contributed by atoms with Crippen LogP contribution in [0.25, 0.3) is 0 Å². The summed E-state index contributed by atoms with van der Waals surface area (Å²) in [6.07, 6.45) is 1.52. The van der Waals surface area contributed by atoms with Crippen molar-refractivity contribution in [1.82, 2.24) is 4.98 Å². The van der Waals surface area contributed by atoms with E-state index in [1.54, 1.807) is 19.2 Å². The minimum atomic E-state index is -0.0346. The van der Waals surface area contributed by atoms with E-state index in [2.05, 4.69) is 4.98 Å². The quantitative estimate of drug-likeness (QED) is 0.657. The van der Waals surface area contributed by atoms with Crippen LogP contribution in [0, 0.1) is 0 Å². The fourth-order valence-corrected chi connectivity index (χ4v) is 0.709. The first-order valence-corrected chi connectivity index (χ1v) is 4.25. The summed E-state index contributed by atoms with van der Waals surface area (Å²) in [6, 6.07) is 3.35. The van der Waals surface area contributed by atoms with Gasteiger partial charge in [-0.25, -0.2) is 4.98 Å². The van der Waals surface area contributed by atoms with Crippen molar-refractivity contribution < 1.29 is 9.53 Å². The van der Waals surface area contributed by atoms with E-state index in [1.807, 2.05) is 13.8 Å². The molecular formula is C10H15NO2. The predicted octanol–water partition coefficient (Wildman–Crippen LogP) is 2.32. The van der Waals surface area contributed by atoms with Crippen LogP contribution < -0.4 is 4.74 Å². The van der Waals surface area contributed by atoms with E-state index >= 15 is 0 Å². The zero-order valence-corrected chi connectivity index (χ0v) is 8.50. The highest BCUT2D eigenvalue weighted by Gasteiger charge is 1.99. The molecule has 1 aromatic heterocycles. The summed E-state index contributed by atoms with van der Waals surface area (Å²) in [5, 5.41) is 0. The zero-order chi connectivity index (χ0) is 10.3. The lowest BCUT2D eigenvalue weighted by Gasteiger charge is -1.97. The van der Waals surface area contributed by atoms with E-state index in [4.69, 9.17) is 4.74 Å². The zero-order valence-electron chi connectivity index (χ0n) is 8.50. The van der Waals surface area contributed by atoms with Gasteiger partial charge < -0.3 is 4.74 Å². The van der Waals surface area contributed by atoms with Crippen LogP contribution in [0.15, 0.2) is 18.3 Å². The molecule has 0 aliphatic carbocycles. The molecule has 0 radical (unpaired) electrons. The molecule has 1 rings (SSSR count). The molecule has 1 aromatic rings. The summed E-state index contributed by atoms with van der Waals surface area (Å²) < 4.78 is 4.88. The number of ketones is 1. The molecule has 0 amide bonds. The molecule has 0 atom stereocenters. The van der Waals surface area contributed by atoms with Crippen molar-refractivity contribution in [3.8, 4) is 5.75 Å². The highest BCUT2D eigenvalue weighted by molar-refractivity contribution is 5.92. The Labute approximate surface area is 78.8 Å². The molecule has 0 saturated heterocycles. The second kappa shape index (κ2) is 6.17. The van der Waals surface area contributed by atoms with Crippen molar-refractivity contribution in [3.63, 3.8) is 0 Å². The van der Waals surface area contributed by atoms with Gasteiger partial charge >= 0.3 is 0 Å². The van der Waals surface area contributed by atoms with Gasteiger partial charge in [0, 0.05) is 6.92 Å². The number of methoxy groups -OCH3 is 1. The molecule has 0 aliphatic heterocycles. The van der Waals surface area contributed by atoms with Gasteiger partial charge in [0.2, 0.25) is 0 Å². The fraction of sp³-hybridized carbons (Fsp3) is 0.400. The van der Waals surface area contributed by atoms with Crippen LogP contribution in [-0.2, 0) is 0 Å². The lowest BCUT2D eigenvalue weighted by molar-refractivity contribution is 0.101. The van der Waals surface area contributed by atoms with Gasteiger partial charge in [0.25, 0.3) is 0 Å². The Hall–Kier alpha value is -1.38. The number of nitrogens with zero attached hydrogens (tertiary/aromatic N) is 1. The molecule has 0 aliphatic rings. The van der Waals surface area contributed by atoms with Crippen LogP contribution in [0.3, 0.4) is 0 Å². The highest BCUT2D eigenvalue weighted by Crippen LogP contribution is 2.07. The van der Waals surface area contributed by atoms with Crippen LogP contribution in [0.2, 0.25) is 0 Å². The van der Waals surface area contributed by atoms with Crippen molar-refractivity contribution in [2.45, 2.75) is 20.8 Å². The van der Waals surface area contributed by atoms with E-state index in [-0.39, 0.29) is 5.78 Å². The smallest absolute Gasteiger partial charge is 0.178 e. The predicted molar refractivity (Wildman–Crippen MR) is 52.1 cm³/mol. The van der Waals surface area contributed by atoms with Crippen molar-refractivity contribution in [2.75, 3.05) is 7.11 Å². The molecule has 0 unspecified atom stereocenters. The Bertz CT molecular complexity index is 254. The molecule has 0 fully saturated rings. The van der Waals surface area contributed by atoms with Gasteiger partial charge in [-0.3, -0.25) is 4.79 Å². The second-order valence-corrected chi connectivity index (χ2v) is 2.14. The minimum absolute atomic E-state index is 0.0346. The first-order valence-electron chi connectivity index (χ1n) is 4.25. The number of pyridine rings is 1. The van der Waals surface area contributed by atoms with Gasteiger partial charge in [-0.15, -0.1) is 0 Å². The largest absolute Gasteiger partial charge is 0.495 e. The molecule has 0 bridgehead atoms. The molecule has 0 saturated carbocycles. The van der Waals surface area contributed by atoms with Gasteiger partial charge in [-0.1, -0.05) is 13.8 Å². The maximum atomic E-state index is 10.7. The van der Waals surface area contributed by atoms with Crippen molar-refractivity contribution in [1.29, 1.82) is 0 Å². The van der Waals surface area contributed by atoms with E-state index in [0.29, 0.717) is 11.4 Å². The van der Waals surface area contributed by atoms with Crippen LogP contribution in [-0.4, -0.2) is 17.9 Å². The maximum Gasteiger partial charge on any atom is 0.178 e. The summed E-state index contributed by atoms with van der Waals surface area (Å²) in [7, 11) is 1.56. The lowest BCUT2D eigenvalue weighted by Crippen LogP contribution is -1.95. The highest BCUT2D eigenvalue weighted by atomic mass is 16.5. The molecule has 13 heavy (non-hydrogen) atoms. The van der Waals surface area contributed by atoms with E-state index < -0.39 is 0 Å². The fourth-order valence-electron chi connectivity index (χ4n) is 0.709. The third kappa shape index (κ3) is 3.69. The van der Waals surface area contributed by atoms with E-state index in [9.17, 15) is 4.79 Å². The monoisotopic (exact) mass is 181 g/mol. The van der Waals surface area contributed by atoms with Crippen molar-refractivity contribution in [2.24, 2.45) is 0 Å². The molecule has 1 heterocycles. The summed E-state index contributed by atoms with van der Waals surface area (Å²) in [5.74, 6) is 0.627. The van der Waals surface area contributed by atoms with Gasteiger partial charge in [0.1, 0.15) is 11.4 Å². The Morgan fingerprint density at radius 2 is 2.00 bits per heavy atom. The number of rotatable bonds is 2. The standard InChI is InChI=1S/C8H9NO2.C2H6/c1-6(10)8-4-3-7(11-2)5-9-8;1-2/h3-5H,1-2H3;1-2H3. The molecule has 0 spiro atoms. The SMILES string of the molecule is CC.COc1ccc(C(C)=O)nc1. The van der Waals surface area contributed by atoms with Crippen molar-refractivity contribution in [3.05, 3.63) is 24.0 Å². The summed E-state index contributed by atoms with van der Waals surface area (Å²) in [6.45, 7) is 5.48. The Morgan fingerprint density at radius 3 is 2.31 bits per heavy atom. The van der Waals surface area contributed by atoms with Crippen LogP contribution in [0.5, 0.6) is 5.75 Å². The van der Waals surface area contributed by atoms with Crippen LogP contribution >= 0.6 is 0 Å². The summed E-state index contributed by atoms with van der Waals surface area (Å²) in [4.78, 5) is 14.6. The number of hydrogen-bond donors (Lipinski definition) is 0. The number of ether oxygens (including phenoxy) is 1. The van der Waals surface area contributed by atoms with Gasteiger partial charge in [-0.2, -0.15) is 0 Å². The third-order valence-corrected chi connectivity index (χ3v) is 1.33. The molecule has 0 N–H and O–H groups in total. The Kier molecular flexibility index (Phi) is 5.52. The van der Waals surface area contributed by atoms with Gasteiger partial charge in [-0.05, 0) is 12.1 Å². The molecule has 0 aromatic carbocycles. The van der Waals surface area contributed by atoms with Crippen molar-refractivity contribution >= 4 is 5.78 Å². The maximum absolute atomic E-state index is 10.7. The Balaban J connectivity index is 0.000000671. The Morgan fingerprint density at radius 1 is 1.38 bits per heavy atom. The molecule has 3 heteroatoms. The van der Waals surface area contributed by atoms with Gasteiger partial charge in [0.15, 0.2) is 5.78 Å².